The summed E-state index contributed by atoms with van der Waals surface area (Å²) in [5, 5.41) is 1.24. The van der Waals surface area contributed by atoms with Gasteiger partial charge < -0.3 is 9.64 Å². The third-order valence-electron chi connectivity index (χ3n) is 5.64. The zero-order chi connectivity index (χ0) is 20.5. The minimum Gasteiger partial charge on any atom is -0.497 e. The van der Waals surface area contributed by atoms with E-state index in [1.165, 1.54) is 0 Å². The molecule has 4 rings (SSSR count). The van der Waals surface area contributed by atoms with Crippen LogP contribution in [0.3, 0.4) is 0 Å². The molecule has 1 aromatic heterocycles. The van der Waals surface area contributed by atoms with Crippen molar-refractivity contribution in [3.8, 4) is 11.4 Å². The molecular weight excluding hydrogens is 364 g/mol. The van der Waals surface area contributed by atoms with E-state index < -0.39 is 0 Å². The average molecular weight is 390 g/mol. The van der Waals surface area contributed by atoms with Crippen LogP contribution in [0.4, 0.5) is 0 Å². The Morgan fingerprint density at radius 3 is 2.38 bits per heavy atom. The van der Waals surface area contributed by atoms with Gasteiger partial charge in [0.1, 0.15) is 5.75 Å². The molecule has 29 heavy (non-hydrogen) atoms. The topological polar surface area (TPSA) is 51.5 Å². The van der Waals surface area contributed by atoms with Gasteiger partial charge in [-0.15, -0.1) is 0 Å². The van der Waals surface area contributed by atoms with Gasteiger partial charge in [0.15, 0.2) is 0 Å². The minimum absolute atomic E-state index is 0.0174. The van der Waals surface area contributed by atoms with Gasteiger partial charge in [0, 0.05) is 36.1 Å². The van der Waals surface area contributed by atoms with E-state index in [9.17, 15) is 9.59 Å². The van der Waals surface area contributed by atoms with Crippen LogP contribution < -0.4 is 10.3 Å². The molecule has 1 amide bonds. The molecule has 2 aromatic carbocycles. The number of pyridine rings is 1. The number of piperidine rings is 1. The Kier molecular flexibility index (Phi) is 5.14. The second-order valence-corrected chi connectivity index (χ2v) is 8.12. The fourth-order valence-corrected chi connectivity index (χ4v) is 4.41. The van der Waals surface area contributed by atoms with Gasteiger partial charge in [-0.25, -0.2) is 0 Å². The Labute approximate surface area is 170 Å². The summed E-state index contributed by atoms with van der Waals surface area (Å²) in [6.45, 7) is 5.86. The summed E-state index contributed by atoms with van der Waals surface area (Å²) in [6, 6.07) is 14.7. The molecule has 2 heterocycles. The number of amides is 1. The van der Waals surface area contributed by atoms with Crippen LogP contribution in [0.25, 0.3) is 16.5 Å². The average Bonchev–Trinajstić information content (AvgIpc) is 2.73. The highest BCUT2D eigenvalue weighted by atomic mass is 16.5. The highest BCUT2D eigenvalue weighted by Crippen LogP contribution is 2.25. The number of carbonyl (C=O) groups excluding carboxylic acids is 1. The first kappa shape index (κ1) is 19.2. The van der Waals surface area contributed by atoms with E-state index in [-0.39, 0.29) is 11.5 Å². The van der Waals surface area contributed by atoms with E-state index in [2.05, 4.69) is 13.8 Å². The molecule has 150 valence electrons. The van der Waals surface area contributed by atoms with Crippen molar-refractivity contribution in [2.45, 2.75) is 20.3 Å². The lowest BCUT2D eigenvalue weighted by Crippen LogP contribution is -2.43. The lowest BCUT2D eigenvalue weighted by molar-refractivity contribution is 0.0624. The van der Waals surface area contributed by atoms with E-state index in [1.807, 2.05) is 41.3 Å². The van der Waals surface area contributed by atoms with Gasteiger partial charge >= 0.3 is 0 Å². The standard InChI is InChI=1S/C24H26N2O3/c1-16-11-17(2)14-25(13-16)23(27)22-15-26(18-7-6-8-19(12-18)29-3)24(28)21-10-5-4-9-20(21)22/h4-10,12,15-17H,11,13-14H2,1-3H3. The van der Waals surface area contributed by atoms with Crippen LogP contribution in [0.1, 0.15) is 30.6 Å². The Morgan fingerprint density at radius 2 is 1.69 bits per heavy atom. The summed E-state index contributed by atoms with van der Waals surface area (Å²) in [6.07, 6.45) is 2.82. The van der Waals surface area contributed by atoms with Crippen LogP contribution in [0, 0.1) is 11.8 Å². The van der Waals surface area contributed by atoms with Gasteiger partial charge in [-0.05, 0) is 36.5 Å². The van der Waals surface area contributed by atoms with E-state index in [0.29, 0.717) is 39.6 Å². The number of nitrogens with zero attached hydrogens (tertiary/aromatic N) is 2. The number of hydrogen-bond donors (Lipinski definition) is 0. The van der Waals surface area contributed by atoms with E-state index in [4.69, 9.17) is 4.74 Å². The van der Waals surface area contributed by atoms with Crippen molar-refractivity contribution in [1.29, 1.82) is 0 Å². The second kappa shape index (κ2) is 7.74. The molecule has 0 radical (unpaired) electrons. The Balaban J connectivity index is 1.88. The quantitative estimate of drug-likeness (QED) is 0.676. The van der Waals surface area contributed by atoms with Crippen molar-refractivity contribution in [2.24, 2.45) is 11.8 Å². The molecule has 2 unspecified atom stereocenters. The highest BCUT2D eigenvalue weighted by molar-refractivity contribution is 6.06. The van der Waals surface area contributed by atoms with Crippen molar-refractivity contribution < 1.29 is 9.53 Å². The second-order valence-electron chi connectivity index (χ2n) is 8.12. The van der Waals surface area contributed by atoms with Crippen molar-refractivity contribution >= 4 is 16.7 Å². The molecule has 5 heteroatoms. The van der Waals surface area contributed by atoms with Gasteiger partial charge in [-0.3, -0.25) is 14.2 Å². The van der Waals surface area contributed by atoms with Crippen molar-refractivity contribution in [1.82, 2.24) is 9.47 Å². The Bertz CT molecular complexity index is 1110. The molecule has 0 spiro atoms. The van der Waals surface area contributed by atoms with E-state index in [1.54, 1.807) is 30.0 Å². The maximum absolute atomic E-state index is 13.5. The summed E-state index contributed by atoms with van der Waals surface area (Å²) in [5.41, 5.74) is 1.09. The zero-order valence-electron chi connectivity index (χ0n) is 17.1. The summed E-state index contributed by atoms with van der Waals surface area (Å²) >= 11 is 0. The molecule has 3 aromatic rings. The predicted octanol–water partition coefficient (Wildman–Crippen LogP) is 4.12. The van der Waals surface area contributed by atoms with Crippen molar-refractivity contribution in [3.63, 3.8) is 0 Å². The lowest BCUT2D eigenvalue weighted by Gasteiger charge is -2.35. The third kappa shape index (κ3) is 3.65. The summed E-state index contributed by atoms with van der Waals surface area (Å²) in [4.78, 5) is 28.6. The molecule has 1 saturated heterocycles. The summed E-state index contributed by atoms with van der Waals surface area (Å²) < 4.78 is 6.86. The van der Waals surface area contributed by atoms with Crippen LogP contribution in [0.2, 0.25) is 0 Å². The van der Waals surface area contributed by atoms with Gasteiger partial charge in [0.25, 0.3) is 11.5 Å². The molecule has 0 saturated carbocycles. The van der Waals surface area contributed by atoms with Gasteiger partial charge in [0.05, 0.1) is 18.4 Å². The molecule has 5 nitrogen and oxygen atoms in total. The molecule has 1 aliphatic heterocycles. The van der Waals surface area contributed by atoms with Crippen LogP contribution in [-0.4, -0.2) is 35.6 Å². The van der Waals surface area contributed by atoms with Gasteiger partial charge in [-0.1, -0.05) is 38.1 Å². The number of ether oxygens (including phenoxy) is 1. The number of methoxy groups -OCH3 is 1. The maximum Gasteiger partial charge on any atom is 0.262 e. The van der Waals surface area contributed by atoms with E-state index in [0.717, 1.165) is 19.5 Å². The smallest absolute Gasteiger partial charge is 0.262 e. The monoisotopic (exact) mass is 390 g/mol. The first-order valence-electron chi connectivity index (χ1n) is 10.1. The number of benzene rings is 2. The fourth-order valence-electron chi connectivity index (χ4n) is 4.41. The molecule has 1 fully saturated rings. The van der Waals surface area contributed by atoms with Crippen LogP contribution in [0.15, 0.2) is 59.5 Å². The number of rotatable bonds is 3. The van der Waals surface area contributed by atoms with Crippen LogP contribution in [-0.2, 0) is 0 Å². The van der Waals surface area contributed by atoms with Crippen molar-refractivity contribution in [3.05, 3.63) is 70.6 Å². The molecule has 2 atom stereocenters. The normalized spacial score (nSPS) is 19.3. The van der Waals surface area contributed by atoms with E-state index >= 15 is 0 Å². The van der Waals surface area contributed by atoms with Crippen LogP contribution in [0.5, 0.6) is 5.75 Å². The minimum atomic E-state index is -0.147. The fraction of sp³-hybridized carbons (Fsp3) is 0.333. The first-order valence-corrected chi connectivity index (χ1v) is 10.1. The number of aromatic nitrogens is 1. The maximum atomic E-state index is 13.5. The predicted molar refractivity (Wildman–Crippen MR) is 115 cm³/mol. The highest BCUT2D eigenvalue weighted by Gasteiger charge is 2.28. The van der Waals surface area contributed by atoms with Gasteiger partial charge in [-0.2, -0.15) is 0 Å². The first-order chi connectivity index (χ1) is 14.0. The number of carbonyl (C=O) groups is 1. The summed E-state index contributed by atoms with van der Waals surface area (Å²) in [5.74, 6) is 1.59. The molecule has 1 aliphatic rings. The van der Waals surface area contributed by atoms with Gasteiger partial charge in [0.2, 0.25) is 0 Å². The Hall–Kier alpha value is -3.08. The SMILES string of the molecule is COc1cccc(-n2cc(C(=O)N3CC(C)CC(C)C3)c3ccccc3c2=O)c1. The zero-order valence-corrected chi connectivity index (χ0v) is 17.1. The number of likely N-dealkylation sites (tertiary alicyclic amines) is 1. The summed E-state index contributed by atoms with van der Waals surface area (Å²) in [7, 11) is 1.59. The number of hydrogen-bond acceptors (Lipinski definition) is 3. The van der Waals surface area contributed by atoms with Crippen LogP contribution >= 0.6 is 0 Å². The van der Waals surface area contributed by atoms with Crippen molar-refractivity contribution in [2.75, 3.05) is 20.2 Å². The molecule has 0 aliphatic carbocycles. The number of fused-ring (bicyclic) bond motifs is 1. The Morgan fingerprint density at radius 1 is 1.00 bits per heavy atom. The third-order valence-corrected chi connectivity index (χ3v) is 5.64. The largest absolute Gasteiger partial charge is 0.497 e. The molecule has 0 bridgehead atoms. The molecular formula is C24H26N2O3. The molecule has 0 N–H and O–H groups in total. The lowest BCUT2D eigenvalue weighted by atomic mass is 9.91.